The smallest absolute Gasteiger partial charge is 0.0843 e. The van der Waals surface area contributed by atoms with Crippen molar-refractivity contribution in [3.8, 4) is 0 Å². The molecule has 0 amide bonds. The molecule has 0 aromatic carbocycles. The zero-order valence-corrected chi connectivity index (χ0v) is 12.9. The molecule has 0 radical (unpaired) electrons. The summed E-state index contributed by atoms with van der Waals surface area (Å²) in [7, 11) is 0. The van der Waals surface area contributed by atoms with E-state index < -0.39 is 0 Å². The molecular weight excluding hydrogens is 340 g/mol. The third-order valence-electron chi connectivity index (χ3n) is 2.54. The molecule has 0 saturated carbocycles. The monoisotopic (exact) mass is 354 g/mol. The SMILES string of the molecule is CCC(C)CC(NN)c1cc(Br)c(Br)s1. The van der Waals surface area contributed by atoms with Gasteiger partial charge in [0.25, 0.3) is 0 Å². The maximum atomic E-state index is 5.59. The molecule has 1 aromatic heterocycles. The Morgan fingerprint density at radius 3 is 2.60 bits per heavy atom. The van der Waals surface area contributed by atoms with Crippen LogP contribution in [0.1, 0.15) is 37.6 Å². The second-order valence-electron chi connectivity index (χ2n) is 3.74. The van der Waals surface area contributed by atoms with Gasteiger partial charge >= 0.3 is 0 Å². The summed E-state index contributed by atoms with van der Waals surface area (Å²) in [5, 5.41) is 0. The van der Waals surface area contributed by atoms with Crippen molar-refractivity contribution in [1.82, 2.24) is 5.43 Å². The van der Waals surface area contributed by atoms with Crippen LogP contribution in [-0.4, -0.2) is 0 Å². The van der Waals surface area contributed by atoms with Gasteiger partial charge < -0.3 is 0 Å². The summed E-state index contributed by atoms with van der Waals surface area (Å²) < 4.78 is 2.23. The third kappa shape index (κ3) is 3.82. The molecule has 1 heterocycles. The van der Waals surface area contributed by atoms with Gasteiger partial charge in [-0.3, -0.25) is 11.3 Å². The van der Waals surface area contributed by atoms with Gasteiger partial charge in [-0.25, -0.2) is 0 Å². The van der Waals surface area contributed by atoms with Gasteiger partial charge in [0.1, 0.15) is 0 Å². The Morgan fingerprint density at radius 2 is 2.20 bits per heavy atom. The second-order valence-corrected chi connectivity index (χ2v) is 6.99. The fourth-order valence-electron chi connectivity index (χ4n) is 1.37. The molecule has 0 aliphatic rings. The maximum absolute atomic E-state index is 5.59. The van der Waals surface area contributed by atoms with Gasteiger partial charge in [-0.05, 0) is 50.3 Å². The number of hydrogen-bond acceptors (Lipinski definition) is 3. The van der Waals surface area contributed by atoms with Crippen molar-refractivity contribution in [2.45, 2.75) is 32.7 Å². The van der Waals surface area contributed by atoms with E-state index in [4.69, 9.17) is 5.84 Å². The minimum atomic E-state index is 0.257. The van der Waals surface area contributed by atoms with Crippen LogP contribution in [-0.2, 0) is 0 Å². The van der Waals surface area contributed by atoms with Crippen LogP contribution in [0.25, 0.3) is 0 Å². The van der Waals surface area contributed by atoms with E-state index in [0.717, 1.165) is 14.7 Å². The van der Waals surface area contributed by atoms with E-state index in [2.05, 4.69) is 57.2 Å². The van der Waals surface area contributed by atoms with Gasteiger partial charge in [-0.2, -0.15) is 0 Å². The van der Waals surface area contributed by atoms with Crippen molar-refractivity contribution in [2.24, 2.45) is 11.8 Å². The molecule has 0 aliphatic carbocycles. The molecule has 2 unspecified atom stereocenters. The molecule has 5 heteroatoms. The lowest BCUT2D eigenvalue weighted by atomic mass is 9.99. The second kappa shape index (κ2) is 6.35. The summed E-state index contributed by atoms with van der Waals surface area (Å²) in [6.45, 7) is 4.46. The highest BCUT2D eigenvalue weighted by atomic mass is 79.9. The normalized spacial score (nSPS) is 15.3. The number of rotatable bonds is 5. The number of thiophene rings is 1. The van der Waals surface area contributed by atoms with Crippen LogP contribution in [0.15, 0.2) is 14.3 Å². The Hall–Kier alpha value is 0.580. The van der Waals surface area contributed by atoms with Gasteiger partial charge in [0.15, 0.2) is 0 Å². The molecule has 0 fully saturated rings. The van der Waals surface area contributed by atoms with Crippen molar-refractivity contribution < 1.29 is 0 Å². The number of hydrogen-bond donors (Lipinski definition) is 2. The van der Waals surface area contributed by atoms with Crippen LogP contribution >= 0.6 is 43.2 Å². The van der Waals surface area contributed by atoms with Crippen molar-refractivity contribution in [3.63, 3.8) is 0 Å². The van der Waals surface area contributed by atoms with Crippen LogP contribution in [0.4, 0.5) is 0 Å². The van der Waals surface area contributed by atoms with E-state index in [-0.39, 0.29) is 6.04 Å². The summed E-state index contributed by atoms with van der Waals surface area (Å²) in [6.07, 6.45) is 2.26. The predicted octanol–water partition coefficient (Wildman–Crippen LogP) is 4.21. The molecule has 0 saturated heterocycles. The molecule has 3 N–H and O–H groups in total. The van der Waals surface area contributed by atoms with Crippen LogP contribution in [0.5, 0.6) is 0 Å². The molecule has 1 aromatic rings. The standard InChI is InChI=1S/C10H16Br2N2S/c1-3-6(2)4-8(14-13)9-5-7(11)10(12)15-9/h5-6,8,14H,3-4,13H2,1-2H3. The highest BCUT2D eigenvalue weighted by Crippen LogP contribution is 2.37. The number of nitrogens with one attached hydrogen (secondary N) is 1. The lowest BCUT2D eigenvalue weighted by molar-refractivity contribution is 0.412. The average Bonchev–Trinajstić information content (AvgIpc) is 2.55. The highest BCUT2D eigenvalue weighted by Gasteiger charge is 2.16. The number of hydrazine groups is 1. The zero-order valence-electron chi connectivity index (χ0n) is 8.89. The van der Waals surface area contributed by atoms with E-state index in [1.54, 1.807) is 11.3 Å². The summed E-state index contributed by atoms with van der Waals surface area (Å²) >= 11 is 8.72. The minimum absolute atomic E-state index is 0.257. The van der Waals surface area contributed by atoms with Crippen molar-refractivity contribution in [2.75, 3.05) is 0 Å². The lowest BCUT2D eigenvalue weighted by Crippen LogP contribution is -2.28. The maximum Gasteiger partial charge on any atom is 0.0843 e. The van der Waals surface area contributed by atoms with Crippen LogP contribution < -0.4 is 11.3 Å². The Morgan fingerprint density at radius 1 is 1.53 bits per heavy atom. The largest absolute Gasteiger partial charge is 0.271 e. The van der Waals surface area contributed by atoms with Gasteiger partial charge in [0, 0.05) is 9.35 Å². The Labute approximate surface area is 112 Å². The van der Waals surface area contributed by atoms with Gasteiger partial charge in [-0.1, -0.05) is 20.3 Å². The van der Waals surface area contributed by atoms with E-state index in [1.807, 2.05) is 0 Å². The van der Waals surface area contributed by atoms with E-state index in [1.165, 1.54) is 11.3 Å². The Bertz CT molecular complexity index is 295. The first-order valence-electron chi connectivity index (χ1n) is 4.99. The predicted molar refractivity (Wildman–Crippen MR) is 73.9 cm³/mol. The molecule has 2 atom stereocenters. The number of nitrogens with two attached hydrogens (primary N) is 1. The summed E-state index contributed by atoms with van der Waals surface area (Å²) in [6, 6.07) is 2.38. The van der Waals surface area contributed by atoms with Crippen molar-refractivity contribution in [3.05, 3.63) is 19.2 Å². The van der Waals surface area contributed by atoms with Crippen molar-refractivity contribution in [1.29, 1.82) is 0 Å². The lowest BCUT2D eigenvalue weighted by Gasteiger charge is -2.17. The van der Waals surface area contributed by atoms with Gasteiger partial charge in [-0.15, -0.1) is 11.3 Å². The molecule has 15 heavy (non-hydrogen) atoms. The first-order valence-corrected chi connectivity index (χ1v) is 7.39. The first-order chi connectivity index (χ1) is 7.08. The average molecular weight is 356 g/mol. The molecule has 0 spiro atoms. The van der Waals surface area contributed by atoms with Gasteiger partial charge in [0.2, 0.25) is 0 Å². The molecule has 2 nitrogen and oxygen atoms in total. The van der Waals surface area contributed by atoms with E-state index in [9.17, 15) is 0 Å². The minimum Gasteiger partial charge on any atom is -0.271 e. The fourth-order valence-corrected chi connectivity index (χ4v) is 3.53. The zero-order chi connectivity index (χ0) is 11.4. The summed E-state index contributed by atoms with van der Waals surface area (Å²) in [5.41, 5.74) is 2.89. The quantitative estimate of drug-likeness (QED) is 0.613. The van der Waals surface area contributed by atoms with Crippen molar-refractivity contribution >= 4 is 43.2 Å². The summed E-state index contributed by atoms with van der Waals surface area (Å²) in [4.78, 5) is 1.27. The molecular formula is C10H16Br2N2S. The topological polar surface area (TPSA) is 38.0 Å². The third-order valence-corrected chi connectivity index (χ3v) is 5.91. The molecule has 86 valence electrons. The van der Waals surface area contributed by atoms with Gasteiger partial charge in [0.05, 0.1) is 9.83 Å². The van der Waals surface area contributed by atoms with E-state index >= 15 is 0 Å². The summed E-state index contributed by atoms with van der Waals surface area (Å²) in [5.74, 6) is 6.28. The number of halogens is 2. The Kier molecular flexibility index (Phi) is 5.77. The van der Waals surface area contributed by atoms with E-state index in [0.29, 0.717) is 5.92 Å². The first kappa shape index (κ1) is 13.6. The molecule has 0 bridgehead atoms. The Balaban J connectivity index is 2.74. The van der Waals surface area contributed by atoms with Crippen LogP contribution in [0, 0.1) is 5.92 Å². The van der Waals surface area contributed by atoms with Crippen LogP contribution in [0.3, 0.4) is 0 Å². The van der Waals surface area contributed by atoms with Crippen LogP contribution in [0.2, 0.25) is 0 Å². The molecule has 1 rings (SSSR count). The highest BCUT2D eigenvalue weighted by molar-refractivity contribution is 9.13. The fraction of sp³-hybridized carbons (Fsp3) is 0.600. The molecule has 0 aliphatic heterocycles.